The summed E-state index contributed by atoms with van der Waals surface area (Å²) in [5.41, 5.74) is 10.1. The molecule has 0 radical (unpaired) electrons. The average molecular weight is 205 g/mol. The molecule has 0 fully saturated rings. The Kier molecular flexibility index (Phi) is 2.35. The third kappa shape index (κ3) is 1.43. The number of hydrogen-bond acceptors (Lipinski definition) is 2. The van der Waals surface area contributed by atoms with E-state index in [0.29, 0.717) is 6.54 Å². The van der Waals surface area contributed by atoms with Gasteiger partial charge in [0.2, 0.25) is 0 Å². The van der Waals surface area contributed by atoms with Crippen LogP contribution in [0.1, 0.15) is 5.56 Å². The number of azide groups is 1. The highest BCUT2D eigenvalue weighted by Crippen LogP contribution is 2.21. The fraction of sp³-hybridized carbons (Fsp3) is 0.125. The van der Waals surface area contributed by atoms with Crippen molar-refractivity contribution in [3.63, 3.8) is 0 Å². The van der Waals surface area contributed by atoms with Crippen LogP contribution in [0.15, 0.2) is 29.6 Å². The molecule has 14 heavy (non-hydrogen) atoms. The Morgan fingerprint density at radius 1 is 1.64 bits per heavy atom. The molecule has 0 aliphatic heterocycles. The fourth-order valence-electron chi connectivity index (χ4n) is 1.39. The molecule has 0 bridgehead atoms. The van der Waals surface area contributed by atoms with Crippen LogP contribution < -0.4 is 0 Å². The number of rotatable bonds is 2. The molecule has 2 heterocycles. The van der Waals surface area contributed by atoms with Gasteiger partial charge in [0.05, 0.1) is 6.54 Å². The maximum atomic E-state index is 8.24. The van der Waals surface area contributed by atoms with Gasteiger partial charge >= 0.3 is 0 Å². The van der Waals surface area contributed by atoms with Crippen molar-refractivity contribution in [2.45, 2.75) is 6.54 Å². The molecule has 1 unspecified atom stereocenters. The van der Waals surface area contributed by atoms with Crippen LogP contribution in [0.25, 0.3) is 21.5 Å². The smallest absolute Gasteiger partial charge is 0.142 e. The minimum atomic E-state index is 0.361. The van der Waals surface area contributed by atoms with Crippen LogP contribution in [-0.2, 0) is 6.54 Å². The van der Waals surface area contributed by atoms with E-state index in [1.54, 1.807) is 6.20 Å². The Hall–Kier alpha value is -1.57. The maximum Gasteiger partial charge on any atom is 0.142 e. The molecular weight excluding hydrogens is 197 g/mol. The second-order valence-electron chi connectivity index (χ2n) is 2.83. The number of pyridine rings is 1. The van der Waals surface area contributed by atoms with E-state index in [0.717, 1.165) is 16.6 Å². The number of fused-ring (bicyclic) bond motifs is 1. The van der Waals surface area contributed by atoms with Crippen LogP contribution in [0.2, 0.25) is 0 Å². The molecule has 0 aliphatic rings. The van der Waals surface area contributed by atoms with Gasteiger partial charge in [0.25, 0.3) is 0 Å². The van der Waals surface area contributed by atoms with Crippen LogP contribution in [0.4, 0.5) is 0 Å². The van der Waals surface area contributed by atoms with E-state index in [9.17, 15) is 0 Å². The van der Waals surface area contributed by atoms with Gasteiger partial charge < -0.3 is 4.34 Å². The van der Waals surface area contributed by atoms with Crippen molar-refractivity contribution in [1.29, 1.82) is 0 Å². The van der Waals surface area contributed by atoms with Crippen molar-refractivity contribution in [3.05, 3.63) is 40.5 Å². The maximum absolute atomic E-state index is 8.24. The highest BCUT2D eigenvalue weighted by atomic mass is 31.0. The number of nitrogens with zero attached hydrogens (tertiary/aromatic N) is 5. The van der Waals surface area contributed by atoms with Gasteiger partial charge in [-0.1, -0.05) is 5.11 Å². The summed E-state index contributed by atoms with van der Waals surface area (Å²) in [7, 11) is 2.55. The third-order valence-corrected chi connectivity index (χ3v) is 2.37. The highest BCUT2D eigenvalue weighted by molar-refractivity contribution is 7.14. The highest BCUT2D eigenvalue weighted by Gasteiger charge is 2.04. The predicted molar refractivity (Wildman–Crippen MR) is 57.7 cm³/mol. The zero-order valence-corrected chi connectivity index (χ0v) is 8.48. The molecule has 2 rings (SSSR count). The largest absolute Gasteiger partial charge is 0.317 e. The van der Waals surface area contributed by atoms with Gasteiger partial charge in [0, 0.05) is 22.7 Å². The van der Waals surface area contributed by atoms with E-state index >= 15 is 0 Å². The van der Waals surface area contributed by atoms with Gasteiger partial charge in [-0.3, -0.25) is 0 Å². The standard InChI is InChI=1S/C8H8N5P/c9-12-11-4-6-5-13(14)8-7(6)2-1-3-10-8/h1-3,5H,4,14H2. The summed E-state index contributed by atoms with van der Waals surface area (Å²) >= 11 is 0. The van der Waals surface area contributed by atoms with Crippen LogP contribution >= 0.6 is 9.39 Å². The molecule has 70 valence electrons. The van der Waals surface area contributed by atoms with Crippen molar-refractivity contribution in [2.24, 2.45) is 5.11 Å². The van der Waals surface area contributed by atoms with Crippen molar-refractivity contribution in [2.75, 3.05) is 0 Å². The van der Waals surface area contributed by atoms with E-state index in [2.05, 4.69) is 24.4 Å². The third-order valence-electron chi connectivity index (χ3n) is 1.98. The molecule has 0 saturated heterocycles. The van der Waals surface area contributed by atoms with Crippen molar-refractivity contribution in [1.82, 2.24) is 9.32 Å². The fourth-order valence-corrected chi connectivity index (χ4v) is 1.77. The summed E-state index contributed by atoms with van der Waals surface area (Å²) in [6, 6.07) is 3.83. The first-order chi connectivity index (χ1) is 6.83. The summed E-state index contributed by atoms with van der Waals surface area (Å²) in [6.45, 7) is 0.361. The molecule has 2 aromatic heterocycles. The first-order valence-corrected chi connectivity index (χ1v) is 4.55. The molecular formula is C8H8N5P. The van der Waals surface area contributed by atoms with Crippen LogP contribution in [-0.4, -0.2) is 9.32 Å². The Morgan fingerprint density at radius 2 is 2.50 bits per heavy atom. The van der Waals surface area contributed by atoms with E-state index in [-0.39, 0.29) is 0 Å². The van der Waals surface area contributed by atoms with Gasteiger partial charge in [-0.05, 0) is 32.6 Å². The molecule has 0 spiro atoms. The van der Waals surface area contributed by atoms with E-state index < -0.39 is 0 Å². The lowest BCUT2D eigenvalue weighted by Gasteiger charge is -1.91. The van der Waals surface area contributed by atoms with Gasteiger partial charge in [-0.15, -0.1) is 0 Å². The lowest BCUT2D eigenvalue weighted by atomic mass is 10.2. The van der Waals surface area contributed by atoms with E-state index in [1.807, 2.05) is 22.7 Å². The topological polar surface area (TPSA) is 66.6 Å². The van der Waals surface area contributed by atoms with Crippen LogP contribution in [0.5, 0.6) is 0 Å². The van der Waals surface area contributed by atoms with E-state index in [1.165, 1.54) is 0 Å². The molecule has 0 amide bonds. The number of aromatic nitrogens is 2. The van der Waals surface area contributed by atoms with Crippen LogP contribution in [0.3, 0.4) is 0 Å². The minimum Gasteiger partial charge on any atom is -0.317 e. The summed E-state index contributed by atoms with van der Waals surface area (Å²) in [6.07, 6.45) is 3.64. The summed E-state index contributed by atoms with van der Waals surface area (Å²) < 4.78 is 1.84. The molecule has 0 N–H and O–H groups in total. The molecule has 0 saturated carbocycles. The van der Waals surface area contributed by atoms with Gasteiger partial charge in [0.15, 0.2) is 0 Å². The summed E-state index contributed by atoms with van der Waals surface area (Å²) in [5, 5.41) is 4.56. The van der Waals surface area contributed by atoms with Crippen LogP contribution in [0, 0.1) is 0 Å². The molecule has 0 aliphatic carbocycles. The van der Waals surface area contributed by atoms with Gasteiger partial charge in [-0.2, -0.15) is 0 Å². The Bertz CT molecular complexity index is 511. The quantitative estimate of drug-likeness (QED) is 0.321. The first-order valence-electron chi connectivity index (χ1n) is 4.04. The first kappa shape index (κ1) is 9.00. The minimum absolute atomic E-state index is 0.361. The molecule has 1 atom stereocenters. The van der Waals surface area contributed by atoms with Crippen molar-refractivity contribution < 1.29 is 0 Å². The Labute approximate surface area is 82.6 Å². The average Bonchev–Trinajstić information content (AvgIpc) is 2.54. The zero-order chi connectivity index (χ0) is 9.97. The molecule has 5 nitrogen and oxygen atoms in total. The molecule has 0 aromatic carbocycles. The van der Waals surface area contributed by atoms with Gasteiger partial charge in [0.1, 0.15) is 5.65 Å². The number of hydrogen-bond donors (Lipinski definition) is 0. The Balaban J connectivity index is 2.60. The molecule has 2 aromatic rings. The van der Waals surface area contributed by atoms with Crippen molar-refractivity contribution in [3.8, 4) is 0 Å². The lowest BCUT2D eigenvalue weighted by Crippen LogP contribution is -1.78. The summed E-state index contributed by atoms with van der Waals surface area (Å²) in [5.74, 6) is 0. The van der Waals surface area contributed by atoms with Crippen molar-refractivity contribution >= 4 is 20.4 Å². The second-order valence-corrected chi connectivity index (χ2v) is 3.38. The predicted octanol–water partition coefficient (Wildman–Crippen LogP) is 2.48. The normalized spacial score (nSPS) is 10.1. The Morgan fingerprint density at radius 3 is 3.29 bits per heavy atom. The zero-order valence-electron chi connectivity index (χ0n) is 7.33. The lowest BCUT2D eigenvalue weighted by molar-refractivity contribution is 1.05. The second kappa shape index (κ2) is 3.66. The molecule has 6 heteroatoms. The SMILES string of the molecule is [N-]=[N+]=NCc1cn(P)c2ncccc12. The monoisotopic (exact) mass is 205 g/mol. The van der Waals surface area contributed by atoms with E-state index in [4.69, 9.17) is 5.53 Å². The summed E-state index contributed by atoms with van der Waals surface area (Å²) in [4.78, 5) is 6.95. The van der Waals surface area contributed by atoms with Gasteiger partial charge in [-0.25, -0.2) is 4.98 Å².